The van der Waals surface area contributed by atoms with E-state index in [-0.39, 0.29) is 0 Å². The Morgan fingerprint density at radius 3 is 1.27 bits per heavy atom. The molecular formula is C56H36N6. The van der Waals surface area contributed by atoms with E-state index < -0.39 is 0 Å². The maximum atomic E-state index is 5.40. The van der Waals surface area contributed by atoms with Gasteiger partial charge in [-0.25, -0.2) is 9.97 Å². The van der Waals surface area contributed by atoms with Crippen molar-refractivity contribution in [3.05, 3.63) is 218 Å². The molecule has 62 heavy (non-hydrogen) atoms. The minimum atomic E-state index is 0.556. The van der Waals surface area contributed by atoms with Gasteiger partial charge < -0.3 is 0 Å². The third-order valence-corrected chi connectivity index (χ3v) is 11.8. The summed E-state index contributed by atoms with van der Waals surface area (Å²) < 4.78 is 4.52. The van der Waals surface area contributed by atoms with Crippen molar-refractivity contribution in [2.24, 2.45) is 0 Å². The lowest BCUT2D eigenvalue weighted by Gasteiger charge is -2.13. The predicted octanol–water partition coefficient (Wildman–Crippen LogP) is 13.8. The SMILES string of the molecule is c1ccc(-c2ccc(-c3nc(-c4ccccc4)nc(-n4c5ccccc5c5c6c7ccccc7n(-c7cc(-c8ccccc8)cc(-c8ccccc8)n7)c6ccc54)n3)cc2)cc1. The van der Waals surface area contributed by atoms with Gasteiger partial charge in [0.1, 0.15) is 5.82 Å². The highest BCUT2D eigenvalue weighted by Crippen LogP contribution is 2.43. The van der Waals surface area contributed by atoms with Gasteiger partial charge in [-0.3, -0.25) is 9.13 Å². The highest BCUT2D eigenvalue weighted by atomic mass is 15.2. The molecule has 0 aliphatic rings. The number of fused-ring (bicyclic) bond motifs is 7. The van der Waals surface area contributed by atoms with Crippen molar-refractivity contribution < 1.29 is 0 Å². The zero-order valence-corrected chi connectivity index (χ0v) is 33.5. The van der Waals surface area contributed by atoms with E-state index in [0.29, 0.717) is 17.6 Å². The first kappa shape index (κ1) is 35.5. The molecule has 0 aliphatic carbocycles. The van der Waals surface area contributed by atoms with Crippen molar-refractivity contribution in [3.63, 3.8) is 0 Å². The molecule has 0 aliphatic heterocycles. The molecule has 0 unspecified atom stereocenters. The number of benzene rings is 8. The van der Waals surface area contributed by atoms with Gasteiger partial charge in [-0.15, -0.1) is 0 Å². The summed E-state index contributed by atoms with van der Waals surface area (Å²) in [6.07, 6.45) is 0. The van der Waals surface area contributed by atoms with Gasteiger partial charge in [0.2, 0.25) is 5.95 Å². The lowest BCUT2D eigenvalue weighted by atomic mass is 10.0. The number of hydrogen-bond acceptors (Lipinski definition) is 4. The summed E-state index contributed by atoms with van der Waals surface area (Å²) in [6.45, 7) is 0. The van der Waals surface area contributed by atoms with Gasteiger partial charge in [0, 0.05) is 38.2 Å². The number of para-hydroxylation sites is 2. The van der Waals surface area contributed by atoms with Gasteiger partial charge in [-0.1, -0.05) is 182 Å². The second-order valence-corrected chi connectivity index (χ2v) is 15.5. The Kier molecular flexibility index (Phi) is 8.38. The molecule has 0 amide bonds. The van der Waals surface area contributed by atoms with Crippen molar-refractivity contribution >= 4 is 43.6 Å². The maximum absolute atomic E-state index is 5.40. The molecule has 4 heterocycles. The second kappa shape index (κ2) is 14.7. The molecule has 12 rings (SSSR count). The summed E-state index contributed by atoms with van der Waals surface area (Å²) in [5.41, 5.74) is 12.5. The second-order valence-electron chi connectivity index (χ2n) is 15.5. The zero-order valence-electron chi connectivity index (χ0n) is 33.5. The Morgan fingerprint density at radius 1 is 0.274 bits per heavy atom. The van der Waals surface area contributed by atoms with Crippen molar-refractivity contribution in [1.29, 1.82) is 0 Å². The molecule has 0 atom stereocenters. The van der Waals surface area contributed by atoms with Gasteiger partial charge in [-0.05, 0) is 58.7 Å². The monoisotopic (exact) mass is 792 g/mol. The lowest BCUT2D eigenvalue weighted by molar-refractivity contribution is 0.953. The van der Waals surface area contributed by atoms with E-state index in [1.807, 2.05) is 30.3 Å². The summed E-state index contributed by atoms with van der Waals surface area (Å²) in [5, 5.41) is 4.53. The number of aromatic nitrogens is 6. The first-order chi connectivity index (χ1) is 30.7. The molecule has 0 N–H and O–H groups in total. The summed E-state index contributed by atoms with van der Waals surface area (Å²) in [5.74, 6) is 2.63. The van der Waals surface area contributed by atoms with Crippen molar-refractivity contribution in [3.8, 4) is 68.1 Å². The minimum absolute atomic E-state index is 0.556. The normalized spacial score (nSPS) is 11.5. The van der Waals surface area contributed by atoms with E-state index in [2.05, 4.69) is 197 Å². The van der Waals surface area contributed by atoms with Gasteiger partial charge >= 0.3 is 0 Å². The molecule has 0 saturated heterocycles. The lowest BCUT2D eigenvalue weighted by Crippen LogP contribution is -2.06. The molecule has 0 fully saturated rings. The standard InChI is InChI=1S/C56H36N6/c1-5-17-37(18-6-1)39-29-31-42(32-30-39)55-58-54(41-23-11-4-12-24-41)59-56(60-55)62-48-28-16-14-26-45(48)53-50(62)34-33-49-52(53)44-25-13-15-27-47(44)61(49)51-36-43(38-19-7-2-8-20-38)35-46(57-51)40-21-9-3-10-22-40/h1-36H. The quantitative estimate of drug-likeness (QED) is 0.161. The van der Waals surface area contributed by atoms with Crippen LogP contribution in [0, 0.1) is 0 Å². The van der Waals surface area contributed by atoms with Gasteiger partial charge in [-0.2, -0.15) is 9.97 Å². The van der Waals surface area contributed by atoms with Crippen molar-refractivity contribution in [2.45, 2.75) is 0 Å². The van der Waals surface area contributed by atoms with Crippen LogP contribution < -0.4 is 0 Å². The molecule has 8 aromatic carbocycles. The number of nitrogens with zero attached hydrogens (tertiary/aromatic N) is 6. The number of rotatable bonds is 7. The van der Waals surface area contributed by atoms with E-state index in [1.54, 1.807) is 0 Å². The molecule has 12 aromatic rings. The van der Waals surface area contributed by atoms with Crippen LogP contribution in [-0.4, -0.2) is 29.1 Å². The molecule has 0 saturated carbocycles. The smallest absolute Gasteiger partial charge is 0.238 e. The summed E-state index contributed by atoms with van der Waals surface area (Å²) in [6, 6.07) is 76.1. The molecule has 4 aromatic heterocycles. The molecule has 290 valence electrons. The van der Waals surface area contributed by atoms with Gasteiger partial charge in [0.25, 0.3) is 0 Å². The third kappa shape index (κ3) is 5.96. The molecule has 0 radical (unpaired) electrons. The zero-order chi connectivity index (χ0) is 41.0. The van der Waals surface area contributed by atoms with Gasteiger partial charge in [0.05, 0.1) is 27.8 Å². The van der Waals surface area contributed by atoms with E-state index >= 15 is 0 Å². The van der Waals surface area contributed by atoms with E-state index in [1.165, 1.54) is 0 Å². The number of pyridine rings is 1. The average Bonchev–Trinajstić information content (AvgIpc) is 3.88. The highest BCUT2D eigenvalue weighted by molar-refractivity contribution is 6.28. The molecule has 0 bridgehead atoms. The Bertz CT molecular complexity index is 3540. The van der Waals surface area contributed by atoms with Crippen LogP contribution in [0.3, 0.4) is 0 Å². The fourth-order valence-electron chi connectivity index (χ4n) is 8.92. The van der Waals surface area contributed by atoms with Crippen LogP contribution >= 0.6 is 0 Å². The Labute approximate surface area is 357 Å². The largest absolute Gasteiger partial charge is 0.294 e. The average molecular weight is 793 g/mol. The van der Waals surface area contributed by atoms with Crippen LogP contribution in [0.2, 0.25) is 0 Å². The van der Waals surface area contributed by atoms with Crippen LogP contribution in [0.1, 0.15) is 0 Å². The predicted molar refractivity (Wildman–Crippen MR) is 253 cm³/mol. The van der Waals surface area contributed by atoms with E-state index in [0.717, 1.165) is 94.1 Å². The third-order valence-electron chi connectivity index (χ3n) is 11.8. The maximum Gasteiger partial charge on any atom is 0.238 e. The summed E-state index contributed by atoms with van der Waals surface area (Å²) in [4.78, 5) is 21.0. The minimum Gasteiger partial charge on any atom is -0.294 e. The van der Waals surface area contributed by atoms with Crippen molar-refractivity contribution in [2.75, 3.05) is 0 Å². The van der Waals surface area contributed by atoms with Crippen LogP contribution in [0.4, 0.5) is 0 Å². The molecular weight excluding hydrogens is 757 g/mol. The highest BCUT2D eigenvalue weighted by Gasteiger charge is 2.23. The molecule has 6 heteroatoms. The van der Waals surface area contributed by atoms with Crippen molar-refractivity contribution in [1.82, 2.24) is 29.1 Å². The Hall–Kier alpha value is -8.48. The Balaban J connectivity index is 1.11. The van der Waals surface area contributed by atoms with Crippen LogP contribution in [0.25, 0.3) is 112 Å². The fraction of sp³-hybridized carbons (Fsp3) is 0. The fourth-order valence-corrected chi connectivity index (χ4v) is 8.92. The summed E-state index contributed by atoms with van der Waals surface area (Å²) >= 11 is 0. The molecule has 6 nitrogen and oxygen atoms in total. The van der Waals surface area contributed by atoms with Crippen LogP contribution in [0.5, 0.6) is 0 Å². The van der Waals surface area contributed by atoms with E-state index in [9.17, 15) is 0 Å². The first-order valence-corrected chi connectivity index (χ1v) is 20.8. The number of hydrogen-bond donors (Lipinski definition) is 0. The van der Waals surface area contributed by atoms with E-state index in [4.69, 9.17) is 19.9 Å². The summed E-state index contributed by atoms with van der Waals surface area (Å²) in [7, 11) is 0. The Morgan fingerprint density at radius 2 is 0.694 bits per heavy atom. The van der Waals surface area contributed by atoms with Gasteiger partial charge in [0.15, 0.2) is 11.6 Å². The molecule has 0 spiro atoms. The topological polar surface area (TPSA) is 61.4 Å². The van der Waals surface area contributed by atoms with Crippen LogP contribution in [0.15, 0.2) is 218 Å². The van der Waals surface area contributed by atoms with Crippen LogP contribution in [-0.2, 0) is 0 Å². The first-order valence-electron chi connectivity index (χ1n) is 20.8.